The highest BCUT2D eigenvalue weighted by Gasteiger charge is 2.18. The molecule has 7 nitrogen and oxygen atoms in total. The molecule has 0 spiro atoms. The summed E-state index contributed by atoms with van der Waals surface area (Å²) in [6.07, 6.45) is 0. The number of rotatable bonds is 6. The van der Waals surface area contributed by atoms with Crippen LogP contribution in [0.1, 0.15) is 15.9 Å². The summed E-state index contributed by atoms with van der Waals surface area (Å²) in [5.74, 6) is -0.453. The summed E-state index contributed by atoms with van der Waals surface area (Å²) in [7, 11) is 0.966. The van der Waals surface area contributed by atoms with Gasteiger partial charge in [-0.25, -0.2) is 12.7 Å². The lowest BCUT2D eigenvalue weighted by molar-refractivity contribution is 0.0997. The lowest BCUT2D eigenvalue weighted by atomic mass is 10.2. The number of thiazole rings is 1. The number of amides is 1. The summed E-state index contributed by atoms with van der Waals surface area (Å²) in [6, 6.07) is 9.49. The third-order valence-electron chi connectivity index (χ3n) is 4.63. The van der Waals surface area contributed by atoms with Gasteiger partial charge in [0.2, 0.25) is 10.0 Å². The van der Waals surface area contributed by atoms with Crippen LogP contribution in [0.5, 0.6) is 0 Å². The third-order valence-corrected chi connectivity index (χ3v) is 7.91. The van der Waals surface area contributed by atoms with Gasteiger partial charge in [0.1, 0.15) is 0 Å². The molecule has 1 amide bonds. The van der Waals surface area contributed by atoms with Crippen LogP contribution in [-0.4, -0.2) is 51.0 Å². The second kappa shape index (κ2) is 8.99. The summed E-state index contributed by atoms with van der Waals surface area (Å²) in [6.45, 7) is 2.90. The van der Waals surface area contributed by atoms with E-state index in [1.165, 1.54) is 49.7 Å². The molecule has 0 saturated heterocycles. The molecule has 0 saturated carbocycles. The van der Waals surface area contributed by atoms with E-state index in [0.717, 1.165) is 20.1 Å². The van der Waals surface area contributed by atoms with E-state index in [2.05, 4.69) is 4.99 Å². The minimum Gasteiger partial charge on any atom is -0.383 e. The summed E-state index contributed by atoms with van der Waals surface area (Å²) in [4.78, 5) is 17.7. The monoisotopic (exact) mass is 467 g/mol. The Morgan fingerprint density at radius 2 is 1.87 bits per heavy atom. The number of aryl methyl sites for hydroxylation is 1. The Morgan fingerprint density at radius 3 is 2.47 bits per heavy atom. The number of hydrogen-bond donors (Lipinski definition) is 0. The molecule has 0 atom stereocenters. The molecule has 30 heavy (non-hydrogen) atoms. The maximum Gasteiger partial charge on any atom is 0.279 e. The van der Waals surface area contributed by atoms with Crippen LogP contribution in [0.2, 0.25) is 5.02 Å². The number of aromatic nitrogens is 1. The average Bonchev–Trinajstić information content (AvgIpc) is 3.06. The molecular weight excluding hydrogens is 446 g/mol. The fourth-order valence-electron chi connectivity index (χ4n) is 2.92. The predicted octanol–water partition coefficient (Wildman–Crippen LogP) is 3.30. The molecule has 0 fully saturated rings. The number of sulfonamides is 1. The van der Waals surface area contributed by atoms with Crippen molar-refractivity contribution in [1.82, 2.24) is 8.87 Å². The standard InChI is InChI=1S/C20H22ClN3O4S2/c1-13-16(21)9-10-17-18(13)24(11-12-28-4)20(29-17)22-19(25)14-5-7-15(8-6-14)30(26,27)23(2)3/h5-10H,11-12H2,1-4H3. The van der Waals surface area contributed by atoms with Crippen molar-refractivity contribution in [2.24, 2.45) is 4.99 Å². The molecule has 3 aromatic rings. The maximum absolute atomic E-state index is 12.8. The zero-order chi connectivity index (χ0) is 22.1. The molecule has 0 radical (unpaired) electrons. The van der Waals surface area contributed by atoms with Crippen molar-refractivity contribution in [3.05, 3.63) is 57.3 Å². The van der Waals surface area contributed by atoms with Gasteiger partial charge >= 0.3 is 0 Å². The van der Waals surface area contributed by atoms with E-state index in [4.69, 9.17) is 16.3 Å². The van der Waals surface area contributed by atoms with Crippen LogP contribution in [0.4, 0.5) is 0 Å². The van der Waals surface area contributed by atoms with Gasteiger partial charge in [0, 0.05) is 38.3 Å². The van der Waals surface area contributed by atoms with Crippen LogP contribution in [0.15, 0.2) is 46.3 Å². The molecule has 0 unspecified atom stereocenters. The van der Waals surface area contributed by atoms with Gasteiger partial charge in [0.05, 0.1) is 21.7 Å². The van der Waals surface area contributed by atoms with E-state index in [0.29, 0.717) is 28.5 Å². The quantitative estimate of drug-likeness (QED) is 0.557. The minimum absolute atomic E-state index is 0.117. The lowest BCUT2D eigenvalue weighted by Gasteiger charge is -2.11. The van der Waals surface area contributed by atoms with Gasteiger partial charge in [0.25, 0.3) is 5.91 Å². The highest BCUT2D eigenvalue weighted by Crippen LogP contribution is 2.27. The van der Waals surface area contributed by atoms with Crippen LogP contribution in [0, 0.1) is 6.92 Å². The van der Waals surface area contributed by atoms with E-state index in [1.54, 1.807) is 7.11 Å². The molecule has 1 heterocycles. The van der Waals surface area contributed by atoms with Gasteiger partial charge in [-0.2, -0.15) is 4.99 Å². The van der Waals surface area contributed by atoms with E-state index < -0.39 is 15.9 Å². The van der Waals surface area contributed by atoms with Gasteiger partial charge in [-0.05, 0) is 48.9 Å². The van der Waals surface area contributed by atoms with Crippen LogP contribution < -0.4 is 4.80 Å². The van der Waals surface area contributed by atoms with Crippen molar-refractivity contribution in [2.75, 3.05) is 27.8 Å². The number of hydrogen-bond acceptors (Lipinski definition) is 5. The van der Waals surface area contributed by atoms with Gasteiger partial charge in [-0.15, -0.1) is 0 Å². The van der Waals surface area contributed by atoms with E-state index in [9.17, 15) is 13.2 Å². The Morgan fingerprint density at radius 1 is 1.20 bits per heavy atom. The lowest BCUT2D eigenvalue weighted by Crippen LogP contribution is -2.22. The average molecular weight is 468 g/mol. The molecule has 1 aromatic heterocycles. The van der Waals surface area contributed by atoms with Crippen LogP contribution >= 0.6 is 22.9 Å². The number of fused-ring (bicyclic) bond motifs is 1. The molecule has 0 aliphatic heterocycles. The Kier molecular flexibility index (Phi) is 6.78. The fourth-order valence-corrected chi connectivity index (χ4v) is 5.09. The normalized spacial score (nSPS) is 12.8. The first-order valence-corrected chi connectivity index (χ1v) is 11.7. The molecule has 0 aliphatic carbocycles. The van der Waals surface area contributed by atoms with Crippen molar-refractivity contribution in [3.63, 3.8) is 0 Å². The Hall–Kier alpha value is -2.04. The number of nitrogens with zero attached hydrogens (tertiary/aromatic N) is 3. The Labute approximate surface area is 184 Å². The van der Waals surface area contributed by atoms with Crippen molar-refractivity contribution < 1.29 is 17.9 Å². The first kappa shape index (κ1) is 22.6. The van der Waals surface area contributed by atoms with E-state index >= 15 is 0 Å². The van der Waals surface area contributed by atoms with Crippen molar-refractivity contribution in [1.29, 1.82) is 0 Å². The molecular formula is C20H22ClN3O4S2. The van der Waals surface area contributed by atoms with E-state index in [1.807, 2.05) is 23.6 Å². The molecule has 0 bridgehead atoms. The first-order chi connectivity index (χ1) is 14.2. The second-order valence-electron chi connectivity index (χ2n) is 6.78. The van der Waals surface area contributed by atoms with Crippen LogP contribution in [0.3, 0.4) is 0 Å². The van der Waals surface area contributed by atoms with Gasteiger partial charge in [0.15, 0.2) is 4.80 Å². The molecule has 10 heteroatoms. The highest BCUT2D eigenvalue weighted by molar-refractivity contribution is 7.89. The van der Waals surface area contributed by atoms with Gasteiger partial charge in [-0.3, -0.25) is 4.79 Å². The predicted molar refractivity (Wildman–Crippen MR) is 119 cm³/mol. The minimum atomic E-state index is -3.56. The Bertz CT molecular complexity index is 1260. The largest absolute Gasteiger partial charge is 0.383 e. The maximum atomic E-state index is 12.8. The SMILES string of the molecule is COCCn1c(=NC(=O)c2ccc(S(=O)(=O)N(C)C)cc2)sc2ccc(Cl)c(C)c21. The van der Waals surface area contributed by atoms with Crippen molar-refractivity contribution >= 4 is 49.1 Å². The summed E-state index contributed by atoms with van der Waals surface area (Å²) >= 11 is 7.68. The molecule has 3 rings (SSSR count). The first-order valence-electron chi connectivity index (χ1n) is 9.06. The molecule has 160 valence electrons. The number of carbonyl (C=O) groups is 1. The van der Waals surface area contributed by atoms with E-state index in [-0.39, 0.29) is 4.90 Å². The van der Waals surface area contributed by atoms with Crippen LogP contribution in [0.25, 0.3) is 10.2 Å². The van der Waals surface area contributed by atoms with Gasteiger partial charge < -0.3 is 9.30 Å². The number of ether oxygens (including phenoxy) is 1. The zero-order valence-corrected chi connectivity index (χ0v) is 19.4. The molecule has 0 aliphatic rings. The van der Waals surface area contributed by atoms with Crippen molar-refractivity contribution in [3.8, 4) is 0 Å². The Balaban J connectivity index is 2.06. The smallest absolute Gasteiger partial charge is 0.279 e. The molecule has 2 aromatic carbocycles. The number of methoxy groups -OCH3 is 1. The number of benzene rings is 2. The molecule has 0 N–H and O–H groups in total. The number of halogens is 1. The zero-order valence-electron chi connectivity index (χ0n) is 17.0. The highest BCUT2D eigenvalue weighted by atomic mass is 35.5. The van der Waals surface area contributed by atoms with Crippen molar-refractivity contribution in [2.45, 2.75) is 18.4 Å². The van der Waals surface area contributed by atoms with Crippen LogP contribution in [-0.2, 0) is 21.3 Å². The third kappa shape index (κ3) is 4.35. The summed E-state index contributed by atoms with van der Waals surface area (Å²) < 4.78 is 33.6. The summed E-state index contributed by atoms with van der Waals surface area (Å²) in [5, 5.41) is 0.641. The van der Waals surface area contributed by atoms with Gasteiger partial charge in [-0.1, -0.05) is 22.9 Å². The second-order valence-corrected chi connectivity index (χ2v) is 10.3. The fraction of sp³-hybridized carbons (Fsp3) is 0.300. The topological polar surface area (TPSA) is 81.0 Å². The number of carbonyl (C=O) groups excluding carboxylic acids is 1. The summed E-state index contributed by atoms with van der Waals surface area (Å²) in [5.41, 5.74) is 2.13.